The molecule has 3 atom stereocenters. The highest BCUT2D eigenvalue weighted by atomic mass is 16.5. The van der Waals surface area contributed by atoms with Crippen molar-refractivity contribution in [1.82, 2.24) is 9.97 Å². The van der Waals surface area contributed by atoms with E-state index in [1.54, 1.807) is 0 Å². The molecule has 0 N–H and O–H groups in total. The molecular formula is C24H32N4O2. The van der Waals surface area contributed by atoms with Gasteiger partial charge in [-0.1, -0.05) is 52.2 Å². The van der Waals surface area contributed by atoms with E-state index < -0.39 is 11.9 Å². The Bertz CT molecular complexity index is 898. The topological polar surface area (TPSA) is 79.1 Å². The quantitative estimate of drug-likeness (QED) is 0.459. The van der Waals surface area contributed by atoms with Crippen LogP contribution >= 0.6 is 0 Å². The van der Waals surface area contributed by atoms with Gasteiger partial charge in [0.2, 0.25) is 0 Å². The fourth-order valence-electron chi connectivity index (χ4n) is 4.28. The first kappa shape index (κ1) is 22.0. The number of nitriles is 1. The highest BCUT2D eigenvalue weighted by molar-refractivity contribution is 5.85. The Kier molecular flexibility index (Phi) is 7.62. The molecule has 6 heteroatoms. The minimum Gasteiger partial charge on any atom is -0.464 e. The number of carbonyl (C=O) groups is 1. The number of ether oxygens (including phenoxy) is 1. The van der Waals surface area contributed by atoms with Crippen molar-refractivity contribution in [3.8, 4) is 6.07 Å². The van der Waals surface area contributed by atoms with Gasteiger partial charge >= 0.3 is 5.97 Å². The van der Waals surface area contributed by atoms with Crippen molar-refractivity contribution in [2.24, 2.45) is 11.8 Å². The molecule has 1 aliphatic rings. The van der Waals surface area contributed by atoms with E-state index in [0.717, 1.165) is 50.7 Å². The third kappa shape index (κ3) is 5.27. The van der Waals surface area contributed by atoms with Crippen LogP contribution in [0.2, 0.25) is 0 Å². The largest absolute Gasteiger partial charge is 0.464 e. The summed E-state index contributed by atoms with van der Waals surface area (Å²) in [7, 11) is 0. The van der Waals surface area contributed by atoms with Crippen molar-refractivity contribution in [3.05, 3.63) is 30.0 Å². The molecular weight excluding hydrogens is 376 g/mol. The Morgan fingerprint density at radius 2 is 1.83 bits per heavy atom. The molecule has 2 heterocycles. The number of piperidine rings is 1. The summed E-state index contributed by atoms with van der Waals surface area (Å²) >= 11 is 0. The molecule has 1 aromatic heterocycles. The third-order valence-electron chi connectivity index (χ3n) is 5.63. The van der Waals surface area contributed by atoms with E-state index in [2.05, 4.69) is 31.7 Å². The maximum Gasteiger partial charge on any atom is 0.329 e. The molecule has 6 nitrogen and oxygen atoms in total. The Hall–Kier alpha value is -2.68. The van der Waals surface area contributed by atoms with Crippen molar-refractivity contribution < 1.29 is 9.53 Å². The standard InChI is InChI=1S/C24H32N4O2/c1-4-5-6-9-12-30-24(29)19(14-25)22-23(28-15-17(2)13-18(3)16-28)27-21-11-8-7-10-20(21)26-22/h7-8,10-11,17-19H,4-6,9,12-13,15-16H2,1-3H3. The summed E-state index contributed by atoms with van der Waals surface area (Å²) in [4.78, 5) is 24.5. The lowest BCUT2D eigenvalue weighted by atomic mass is 9.91. The van der Waals surface area contributed by atoms with Gasteiger partial charge in [0.05, 0.1) is 23.7 Å². The Morgan fingerprint density at radius 1 is 1.17 bits per heavy atom. The van der Waals surface area contributed by atoms with Crippen LogP contribution in [0.15, 0.2) is 24.3 Å². The summed E-state index contributed by atoms with van der Waals surface area (Å²) in [6.07, 6.45) is 5.23. The van der Waals surface area contributed by atoms with E-state index in [-0.39, 0.29) is 0 Å². The number of nitrogens with zero attached hydrogens (tertiary/aromatic N) is 4. The number of hydrogen-bond donors (Lipinski definition) is 0. The van der Waals surface area contributed by atoms with E-state index in [4.69, 9.17) is 14.7 Å². The fourth-order valence-corrected chi connectivity index (χ4v) is 4.28. The Labute approximate surface area is 179 Å². The highest BCUT2D eigenvalue weighted by Gasteiger charge is 2.32. The van der Waals surface area contributed by atoms with Gasteiger partial charge in [0.15, 0.2) is 11.7 Å². The van der Waals surface area contributed by atoms with Crippen LogP contribution in [0.3, 0.4) is 0 Å². The molecule has 1 aliphatic heterocycles. The lowest BCUT2D eigenvalue weighted by Gasteiger charge is -2.36. The number of hydrogen-bond acceptors (Lipinski definition) is 6. The normalized spacial score (nSPS) is 20.0. The average Bonchev–Trinajstić information content (AvgIpc) is 2.73. The van der Waals surface area contributed by atoms with Crippen molar-refractivity contribution in [3.63, 3.8) is 0 Å². The summed E-state index contributed by atoms with van der Waals surface area (Å²) < 4.78 is 5.44. The number of aromatic nitrogens is 2. The van der Waals surface area contributed by atoms with Crippen molar-refractivity contribution in [2.75, 3.05) is 24.6 Å². The zero-order valence-corrected chi connectivity index (χ0v) is 18.3. The lowest BCUT2D eigenvalue weighted by Crippen LogP contribution is -2.40. The first-order chi connectivity index (χ1) is 14.5. The molecule has 1 saturated heterocycles. The molecule has 30 heavy (non-hydrogen) atoms. The second kappa shape index (κ2) is 10.4. The molecule has 1 fully saturated rings. The van der Waals surface area contributed by atoms with Crippen molar-refractivity contribution in [2.45, 2.75) is 58.8 Å². The lowest BCUT2D eigenvalue weighted by molar-refractivity contribution is -0.144. The number of esters is 1. The van der Waals surface area contributed by atoms with E-state index in [1.165, 1.54) is 0 Å². The molecule has 0 bridgehead atoms. The van der Waals surface area contributed by atoms with E-state index >= 15 is 0 Å². The number of unbranched alkanes of at least 4 members (excludes halogenated alkanes) is 3. The van der Waals surface area contributed by atoms with Crippen molar-refractivity contribution >= 4 is 22.8 Å². The van der Waals surface area contributed by atoms with Gasteiger partial charge < -0.3 is 9.64 Å². The minimum absolute atomic E-state index is 0.338. The highest BCUT2D eigenvalue weighted by Crippen LogP contribution is 2.32. The number of fused-ring (bicyclic) bond motifs is 1. The average molecular weight is 409 g/mol. The van der Waals surface area contributed by atoms with E-state index in [9.17, 15) is 10.1 Å². The zero-order chi connectivity index (χ0) is 21.5. The Balaban J connectivity index is 1.91. The monoisotopic (exact) mass is 408 g/mol. The van der Waals surface area contributed by atoms with Crippen LogP contribution in [0.1, 0.15) is 64.5 Å². The predicted octanol–water partition coefficient (Wildman–Crippen LogP) is 4.84. The zero-order valence-electron chi connectivity index (χ0n) is 18.3. The molecule has 1 aromatic carbocycles. The molecule has 0 radical (unpaired) electrons. The number of carbonyl (C=O) groups excluding carboxylic acids is 1. The van der Waals surface area contributed by atoms with Crippen LogP contribution in [-0.4, -0.2) is 35.6 Å². The molecule has 0 amide bonds. The van der Waals surface area contributed by atoms with Crippen LogP contribution in [0.4, 0.5) is 5.82 Å². The van der Waals surface area contributed by atoms with Crippen LogP contribution in [-0.2, 0) is 9.53 Å². The summed E-state index contributed by atoms with van der Waals surface area (Å²) in [6.45, 7) is 8.61. The maximum absolute atomic E-state index is 12.8. The van der Waals surface area contributed by atoms with Gasteiger partial charge in [-0.05, 0) is 36.8 Å². The molecule has 3 rings (SSSR count). The molecule has 0 aliphatic carbocycles. The first-order valence-electron chi connectivity index (χ1n) is 11.1. The molecule has 2 aromatic rings. The third-order valence-corrected chi connectivity index (χ3v) is 5.63. The van der Waals surface area contributed by atoms with Crippen LogP contribution in [0, 0.1) is 23.2 Å². The molecule has 3 unspecified atom stereocenters. The Morgan fingerprint density at radius 3 is 2.47 bits per heavy atom. The van der Waals surface area contributed by atoms with Crippen LogP contribution in [0.25, 0.3) is 11.0 Å². The number of anilines is 1. The molecule has 0 saturated carbocycles. The van der Waals surface area contributed by atoms with Gasteiger partial charge in [-0.2, -0.15) is 5.26 Å². The fraction of sp³-hybridized carbons (Fsp3) is 0.583. The minimum atomic E-state index is -1.07. The second-order valence-electron chi connectivity index (χ2n) is 8.56. The first-order valence-corrected chi connectivity index (χ1v) is 11.1. The van der Waals surface area contributed by atoms with Crippen molar-refractivity contribution in [1.29, 1.82) is 5.26 Å². The number of rotatable bonds is 8. The molecule has 0 spiro atoms. The van der Waals surface area contributed by atoms with E-state index in [0.29, 0.717) is 35.5 Å². The van der Waals surface area contributed by atoms with Crippen LogP contribution < -0.4 is 4.90 Å². The molecule has 160 valence electrons. The van der Waals surface area contributed by atoms with Gasteiger partial charge in [-0.15, -0.1) is 0 Å². The summed E-state index contributed by atoms with van der Waals surface area (Å²) in [5.74, 6) is 0.0668. The van der Waals surface area contributed by atoms with Gasteiger partial charge in [-0.25, -0.2) is 9.97 Å². The summed E-state index contributed by atoms with van der Waals surface area (Å²) in [6, 6.07) is 9.73. The second-order valence-corrected chi connectivity index (χ2v) is 8.56. The number of para-hydroxylation sites is 2. The van der Waals surface area contributed by atoms with E-state index in [1.807, 2.05) is 24.3 Å². The van der Waals surface area contributed by atoms with Gasteiger partial charge in [0.25, 0.3) is 0 Å². The predicted molar refractivity (Wildman–Crippen MR) is 118 cm³/mol. The summed E-state index contributed by atoms with van der Waals surface area (Å²) in [5.41, 5.74) is 1.87. The van der Waals surface area contributed by atoms with Gasteiger partial charge in [-0.3, -0.25) is 4.79 Å². The van der Waals surface area contributed by atoms with Gasteiger partial charge in [0, 0.05) is 13.1 Å². The number of benzene rings is 1. The summed E-state index contributed by atoms with van der Waals surface area (Å²) in [5, 5.41) is 9.85. The van der Waals surface area contributed by atoms with Crippen LogP contribution in [0.5, 0.6) is 0 Å². The van der Waals surface area contributed by atoms with Gasteiger partial charge in [0.1, 0.15) is 5.69 Å². The smallest absolute Gasteiger partial charge is 0.329 e. The SMILES string of the molecule is CCCCCCOC(=O)C(C#N)c1nc2ccccc2nc1N1CC(C)CC(C)C1. The maximum atomic E-state index is 12.8.